The smallest absolute Gasteiger partial charge is 0.264 e. The molecule has 0 radical (unpaired) electrons. The average molecular weight is 634 g/mol. The normalized spacial score (nSPS) is 12.6. The number of amides is 2. The van der Waals surface area contributed by atoms with Gasteiger partial charge in [0.05, 0.1) is 24.8 Å². The van der Waals surface area contributed by atoms with Crippen molar-refractivity contribution in [1.82, 2.24) is 10.2 Å². The summed E-state index contributed by atoms with van der Waals surface area (Å²) in [7, 11) is -1.60. The van der Waals surface area contributed by atoms with Crippen molar-refractivity contribution in [3.05, 3.63) is 83.1 Å². The summed E-state index contributed by atoms with van der Waals surface area (Å²) < 4.78 is 53.4. The SMILES string of the molecule is CCC(C)NC(=O)C(CC)N(Cc1ccc(Cl)cc1)C(=O)CN(c1ccc(F)cc1)S(=O)(=O)c1ccc(OC)c(OC)c1. The van der Waals surface area contributed by atoms with Crippen LogP contribution in [-0.4, -0.2) is 58.0 Å². The molecule has 0 aromatic heterocycles. The van der Waals surface area contributed by atoms with E-state index in [0.29, 0.717) is 22.8 Å². The maximum Gasteiger partial charge on any atom is 0.264 e. The fraction of sp³-hybridized carbons (Fsp3) is 0.355. The Labute approximate surface area is 257 Å². The number of sulfonamides is 1. The van der Waals surface area contributed by atoms with Crippen molar-refractivity contribution in [3.8, 4) is 11.5 Å². The number of hydrogen-bond acceptors (Lipinski definition) is 6. The molecule has 2 amide bonds. The molecule has 9 nitrogen and oxygen atoms in total. The van der Waals surface area contributed by atoms with Crippen LogP contribution in [0.2, 0.25) is 5.02 Å². The molecule has 3 aromatic carbocycles. The van der Waals surface area contributed by atoms with Crippen LogP contribution in [0.4, 0.5) is 10.1 Å². The third kappa shape index (κ3) is 8.39. The molecule has 232 valence electrons. The van der Waals surface area contributed by atoms with E-state index in [4.69, 9.17) is 21.1 Å². The monoisotopic (exact) mass is 633 g/mol. The predicted octanol–water partition coefficient (Wildman–Crippen LogP) is 5.41. The van der Waals surface area contributed by atoms with Gasteiger partial charge in [-0.15, -0.1) is 0 Å². The second kappa shape index (κ2) is 15.1. The minimum atomic E-state index is -4.40. The summed E-state index contributed by atoms with van der Waals surface area (Å²) in [5, 5.41) is 3.43. The zero-order valence-corrected chi connectivity index (χ0v) is 26.4. The number of halogens is 2. The van der Waals surface area contributed by atoms with Gasteiger partial charge in [0.15, 0.2) is 11.5 Å². The second-order valence-corrected chi connectivity index (χ2v) is 12.2. The molecule has 0 heterocycles. The van der Waals surface area contributed by atoms with Gasteiger partial charge in [-0.2, -0.15) is 0 Å². The molecule has 2 unspecified atom stereocenters. The first-order chi connectivity index (χ1) is 20.4. The minimum Gasteiger partial charge on any atom is -0.493 e. The van der Waals surface area contributed by atoms with Crippen LogP contribution in [0.25, 0.3) is 0 Å². The number of rotatable bonds is 14. The first-order valence-electron chi connectivity index (χ1n) is 13.8. The molecule has 0 bridgehead atoms. The summed E-state index contributed by atoms with van der Waals surface area (Å²) in [6.45, 7) is 4.93. The molecule has 0 aliphatic rings. The van der Waals surface area contributed by atoms with E-state index in [9.17, 15) is 22.4 Å². The Hall–Kier alpha value is -3.83. The molecule has 3 rings (SSSR count). The van der Waals surface area contributed by atoms with Crippen molar-refractivity contribution in [2.45, 2.75) is 57.1 Å². The highest BCUT2D eigenvalue weighted by Gasteiger charge is 2.34. The van der Waals surface area contributed by atoms with Crippen molar-refractivity contribution in [3.63, 3.8) is 0 Å². The van der Waals surface area contributed by atoms with Crippen LogP contribution in [0.5, 0.6) is 11.5 Å². The Morgan fingerprint density at radius 2 is 1.56 bits per heavy atom. The lowest BCUT2D eigenvalue weighted by atomic mass is 10.1. The van der Waals surface area contributed by atoms with E-state index in [1.807, 2.05) is 13.8 Å². The number of methoxy groups -OCH3 is 2. The summed E-state index contributed by atoms with van der Waals surface area (Å²) >= 11 is 6.06. The quantitative estimate of drug-likeness (QED) is 0.254. The lowest BCUT2D eigenvalue weighted by Crippen LogP contribution is -2.53. The maximum atomic E-state index is 14.1. The molecule has 3 aromatic rings. The molecular formula is C31H37ClFN3O6S. The molecule has 1 N–H and O–H groups in total. The molecule has 0 saturated carbocycles. The molecular weight excluding hydrogens is 597 g/mol. The van der Waals surface area contributed by atoms with Crippen LogP contribution in [0.3, 0.4) is 0 Å². The largest absolute Gasteiger partial charge is 0.493 e. The van der Waals surface area contributed by atoms with Gasteiger partial charge >= 0.3 is 0 Å². The van der Waals surface area contributed by atoms with Crippen LogP contribution in [0.15, 0.2) is 71.6 Å². The maximum absolute atomic E-state index is 14.1. The summed E-state index contributed by atoms with van der Waals surface area (Å²) in [6.07, 6.45) is 0.968. The van der Waals surface area contributed by atoms with E-state index in [0.717, 1.165) is 16.4 Å². The molecule has 2 atom stereocenters. The summed E-state index contributed by atoms with van der Waals surface area (Å²) in [5.41, 5.74) is 0.761. The van der Waals surface area contributed by atoms with E-state index >= 15 is 0 Å². The van der Waals surface area contributed by atoms with Gasteiger partial charge in [0.2, 0.25) is 11.8 Å². The summed E-state index contributed by atoms with van der Waals surface area (Å²) in [5.74, 6) is -1.07. The van der Waals surface area contributed by atoms with Gasteiger partial charge in [-0.1, -0.05) is 37.6 Å². The number of nitrogens with one attached hydrogen (secondary N) is 1. The molecule has 0 aliphatic heterocycles. The number of ether oxygens (including phenoxy) is 2. The number of carbonyl (C=O) groups excluding carboxylic acids is 2. The van der Waals surface area contributed by atoms with Gasteiger partial charge in [0.25, 0.3) is 10.0 Å². The van der Waals surface area contributed by atoms with E-state index in [2.05, 4.69) is 5.32 Å². The van der Waals surface area contributed by atoms with Crippen LogP contribution >= 0.6 is 11.6 Å². The van der Waals surface area contributed by atoms with Crippen molar-refractivity contribution in [2.24, 2.45) is 0 Å². The number of hydrogen-bond donors (Lipinski definition) is 1. The number of anilines is 1. The number of benzene rings is 3. The summed E-state index contributed by atoms with van der Waals surface area (Å²) in [4.78, 5) is 28.7. The van der Waals surface area contributed by atoms with Crippen molar-refractivity contribution in [2.75, 3.05) is 25.1 Å². The molecule has 0 aliphatic carbocycles. The average Bonchev–Trinajstić information content (AvgIpc) is 3.00. The molecule has 43 heavy (non-hydrogen) atoms. The standard InChI is InChI=1S/C31H37ClFN3O6S/c1-6-21(3)34-31(38)27(7-2)35(19-22-8-10-23(32)11-9-22)30(37)20-36(25-14-12-24(33)13-15-25)43(39,40)26-16-17-28(41-4)29(18-26)42-5/h8-18,21,27H,6-7,19-20H2,1-5H3,(H,34,38). The Balaban J connectivity index is 2.09. The van der Waals surface area contributed by atoms with Gasteiger partial charge in [-0.05, 0) is 73.9 Å². The first kappa shape index (κ1) is 33.7. The van der Waals surface area contributed by atoms with Crippen LogP contribution in [0.1, 0.15) is 39.2 Å². The van der Waals surface area contributed by atoms with Crippen LogP contribution in [0, 0.1) is 5.82 Å². The highest BCUT2D eigenvalue weighted by Crippen LogP contribution is 2.32. The van der Waals surface area contributed by atoms with Crippen LogP contribution < -0.4 is 19.1 Å². The number of carbonyl (C=O) groups is 2. The lowest BCUT2D eigenvalue weighted by Gasteiger charge is -2.33. The molecule has 0 saturated heterocycles. The number of nitrogens with zero attached hydrogens (tertiary/aromatic N) is 2. The fourth-order valence-corrected chi connectivity index (χ4v) is 5.94. The molecule has 0 spiro atoms. The topological polar surface area (TPSA) is 105 Å². The third-order valence-electron chi connectivity index (χ3n) is 6.99. The first-order valence-corrected chi connectivity index (χ1v) is 15.6. The Morgan fingerprint density at radius 1 is 0.930 bits per heavy atom. The van der Waals surface area contributed by atoms with Crippen LogP contribution in [-0.2, 0) is 26.2 Å². The van der Waals surface area contributed by atoms with Gasteiger partial charge < -0.3 is 19.7 Å². The Morgan fingerprint density at radius 3 is 2.12 bits per heavy atom. The molecule has 0 fully saturated rings. The highest BCUT2D eigenvalue weighted by molar-refractivity contribution is 7.92. The zero-order valence-electron chi connectivity index (χ0n) is 24.8. The van der Waals surface area contributed by atoms with Gasteiger partial charge in [0, 0.05) is 23.7 Å². The van der Waals surface area contributed by atoms with E-state index in [1.54, 1.807) is 31.2 Å². The highest BCUT2D eigenvalue weighted by atomic mass is 35.5. The molecule has 12 heteroatoms. The van der Waals surface area contributed by atoms with Crippen molar-refractivity contribution in [1.29, 1.82) is 0 Å². The van der Waals surface area contributed by atoms with Gasteiger partial charge in [-0.3, -0.25) is 13.9 Å². The predicted molar refractivity (Wildman–Crippen MR) is 164 cm³/mol. The zero-order chi connectivity index (χ0) is 31.7. The Bertz CT molecular complexity index is 1500. The summed E-state index contributed by atoms with van der Waals surface area (Å²) in [6, 6.07) is 14.6. The second-order valence-electron chi connectivity index (χ2n) is 9.89. The Kier molecular flexibility index (Phi) is 11.8. The third-order valence-corrected chi connectivity index (χ3v) is 9.01. The van der Waals surface area contributed by atoms with Crippen molar-refractivity contribution < 1.29 is 31.9 Å². The van der Waals surface area contributed by atoms with E-state index < -0.39 is 34.3 Å². The van der Waals surface area contributed by atoms with Crippen molar-refractivity contribution >= 4 is 39.1 Å². The van der Waals surface area contributed by atoms with E-state index in [-0.39, 0.29) is 41.2 Å². The lowest BCUT2D eigenvalue weighted by molar-refractivity contribution is -0.140. The minimum absolute atomic E-state index is 0.0239. The van der Waals surface area contributed by atoms with Gasteiger partial charge in [0.1, 0.15) is 18.4 Å². The van der Waals surface area contributed by atoms with E-state index in [1.165, 1.54) is 49.5 Å². The van der Waals surface area contributed by atoms with Gasteiger partial charge in [-0.25, -0.2) is 12.8 Å². The fourth-order valence-electron chi connectivity index (χ4n) is 4.39.